The molecule has 1 fully saturated rings. The molecule has 1 aromatic heterocycles. The van der Waals surface area contributed by atoms with Crippen LogP contribution in [0.3, 0.4) is 0 Å². The highest BCUT2D eigenvalue weighted by Crippen LogP contribution is 2.29. The van der Waals surface area contributed by atoms with Crippen molar-refractivity contribution in [2.24, 2.45) is 11.1 Å². The van der Waals surface area contributed by atoms with Gasteiger partial charge in [-0.15, -0.1) is 0 Å². The van der Waals surface area contributed by atoms with Gasteiger partial charge < -0.3 is 10.2 Å². The Balaban J connectivity index is 1.76. The van der Waals surface area contributed by atoms with Gasteiger partial charge in [-0.3, -0.25) is 4.79 Å². The van der Waals surface area contributed by atoms with E-state index >= 15 is 0 Å². The Morgan fingerprint density at radius 3 is 2.92 bits per heavy atom. The normalized spacial score (nSPS) is 14.1. The summed E-state index contributed by atoms with van der Waals surface area (Å²) in [6.07, 6.45) is 3.75. The molecule has 2 aromatic rings. The van der Waals surface area contributed by atoms with Crippen molar-refractivity contribution in [1.82, 2.24) is 10.3 Å². The van der Waals surface area contributed by atoms with Gasteiger partial charge in [0, 0.05) is 5.56 Å². The van der Waals surface area contributed by atoms with E-state index in [1.165, 1.54) is 25.1 Å². The maximum Gasteiger partial charge on any atom is 0.258 e. The molecule has 1 N–H and O–H groups in total. The number of anilines is 1. The molecule has 1 saturated carbocycles. The van der Waals surface area contributed by atoms with E-state index in [9.17, 15) is 4.79 Å². The Labute approximate surface area is 147 Å². The molecule has 1 amide bonds. The fraction of sp³-hybridized carbons (Fsp3) is 0.333. The summed E-state index contributed by atoms with van der Waals surface area (Å²) in [5.41, 5.74) is 1.10. The fourth-order valence-electron chi connectivity index (χ4n) is 1.91. The molecule has 1 aliphatic carbocycles. The summed E-state index contributed by atoms with van der Waals surface area (Å²) in [6.45, 7) is 2.23. The van der Waals surface area contributed by atoms with Gasteiger partial charge in [0.25, 0.3) is 5.91 Å². The van der Waals surface area contributed by atoms with Crippen molar-refractivity contribution in [3.8, 4) is 0 Å². The summed E-state index contributed by atoms with van der Waals surface area (Å²) < 4.78 is 4.54. The number of oxime groups is 1. The zero-order valence-corrected chi connectivity index (χ0v) is 14.3. The van der Waals surface area contributed by atoms with Gasteiger partial charge >= 0.3 is 0 Å². The number of aromatic nitrogens is 2. The van der Waals surface area contributed by atoms with Crippen molar-refractivity contribution < 1.29 is 14.3 Å². The molecule has 0 spiro atoms. The number of rotatable bonds is 6. The van der Waals surface area contributed by atoms with E-state index in [1.807, 2.05) is 0 Å². The molecule has 0 unspecified atom stereocenters. The second-order valence-electron chi connectivity index (χ2n) is 5.45. The lowest BCUT2D eigenvalue weighted by atomic mass is 10.1. The van der Waals surface area contributed by atoms with E-state index in [1.54, 1.807) is 13.0 Å². The van der Waals surface area contributed by atoms with Gasteiger partial charge in [0.15, 0.2) is 0 Å². The van der Waals surface area contributed by atoms with E-state index in [-0.39, 0.29) is 16.4 Å². The average Bonchev–Trinajstić information content (AvgIpc) is 3.29. The summed E-state index contributed by atoms with van der Waals surface area (Å²) in [5.74, 6) is 0.363. The average molecular weight is 369 g/mol. The Morgan fingerprint density at radius 2 is 2.25 bits per heavy atom. The summed E-state index contributed by atoms with van der Waals surface area (Å²) in [5, 5.41) is 14.2. The second kappa shape index (κ2) is 7.19. The van der Waals surface area contributed by atoms with Gasteiger partial charge in [0.2, 0.25) is 5.82 Å². The Bertz CT molecular complexity index is 787. The molecular formula is C15H14Cl2N4O3. The third-order valence-corrected chi connectivity index (χ3v) is 4.26. The van der Waals surface area contributed by atoms with Crippen molar-refractivity contribution >= 4 is 41.1 Å². The Hall–Kier alpha value is -2.12. The van der Waals surface area contributed by atoms with E-state index in [4.69, 9.17) is 28.0 Å². The molecule has 1 aromatic carbocycles. The largest absolute Gasteiger partial charge is 0.396 e. The monoisotopic (exact) mass is 368 g/mol. The number of carbonyl (C=O) groups excluding carboxylic acids is 1. The first-order valence-corrected chi connectivity index (χ1v) is 8.05. The van der Waals surface area contributed by atoms with E-state index < -0.39 is 5.91 Å². The fourth-order valence-corrected chi connectivity index (χ4v) is 2.46. The SMILES string of the molecule is Cc1nonc1NC(=O)c1ccc(Cl)c(/C=N\OCC2CC2)c1Cl. The van der Waals surface area contributed by atoms with E-state index in [0.29, 0.717) is 28.8 Å². The van der Waals surface area contributed by atoms with Crippen LogP contribution in [0.25, 0.3) is 0 Å². The van der Waals surface area contributed by atoms with Crippen molar-refractivity contribution in [3.63, 3.8) is 0 Å². The smallest absolute Gasteiger partial charge is 0.258 e. The highest BCUT2D eigenvalue weighted by Gasteiger charge is 2.22. The van der Waals surface area contributed by atoms with Crippen LogP contribution in [-0.4, -0.2) is 29.0 Å². The summed E-state index contributed by atoms with van der Waals surface area (Å²) in [7, 11) is 0. The van der Waals surface area contributed by atoms with Crippen LogP contribution in [0, 0.1) is 12.8 Å². The van der Waals surface area contributed by atoms with Crippen LogP contribution in [0.4, 0.5) is 5.82 Å². The second-order valence-corrected chi connectivity index (χ2v) is 6.23. The number of carbonyl (C=O) groups is 1. The van der Waals surface area contributed by atoms with Gasteiger partial charge in [0.1, 0.15) is 12.3 Å². The molecule has 0 radical (unpaired) electrons. The standard InChI is InChI=1S/C15H14Cl2N4O3/c1-8-14(21-24-20-8)19-15(22)10-4-5-12(16)11(13(10)17)6-18-23-7-9-2-3-9/h4-6,9H,2-3,7H2,1H3,(H,19,21,22)/b18-6-. The minimum Gasteiger partial charge on any atom is -0.396 e. The molecule has 0 atom stereocenters. The third-order valence-electron chi connectivity index (χ3n) is 3.52. The van der Waals surface area contributed by atoms with Crippen molar-refractivity contribution in [1.29, 1.82) is 0 Å². The van der Waals surface area contributed by atoms with Crippen LogP contribution in [0.1, 0.15) is 34.5 Å². The molecule has 0 aliphatic heterocycles. The van der Waals surface area contributed by atoms with Crippen LogP contribution in [-0.2, 0) is 4.84 Å². The summed E-state index contributed by atoms with van der Waals surface area (Å²) in [6, 6.07) is 3.09. The first kappa shape index (κ1) is 16.7. The predicted molar refractivity (Wildman–Crippen MR) is 89.7 cm³/mol. The van der Waals surface area contributed by atoms with Crippen LogP contribution < -0.4 is 5.32 Å². The molecule has 7 nitrogen and oxygen atoms in total. The van der Waals surface area contributed by atoms with Crippen molar-refractivity contribution in [2.75, 3.05) is 11.9 Å². The molecule has 0 bridgehead atoms. The van der Waals surface area contributed by atoms with Gasteiger partial charge in [-0.25, -0.2) is 4.63 Å². The summed E-state index contributed by atoms with van der Waals surface area (Å²) >= 11 is 12.4. The molecular weight excluding hydrogens is 355 g/mol. The first-order valence-electron chi connectivity index (χ1n) is 7.30. The lowest BCUT2D eigenvalue weighted by Gasteiger charge is -2.08. The van der Waals surface area contributed by atoms with Crippen LogP contribution in [0.5, 0.6) is 0 Å². The lowest BCUT2D eigenvalue weighted by molar-refractivity contribution is 0.102. The van der Waals surface area contributed by atoms with Gasteiger partial charge in [0.05, 0.1) is 21.8 Å². The molecule has 1 heterocycles. The minimum atomic E-state index is -0.455. The summed E-state index contributed by atoms with van der Waals surface area (Å²) in [4.78, 5) is 17.5. The van der Waals surface area contributed by atoms with E-state index in [2.05, 4.69) is 25.4 Å². The maximum atomic E-state index is 12.4. The maximum absolute atomic E-state index is 12.4. The molecule has 24 heavy (non-hydrogen) atoms. The predicted octanol–water partition coefficient (Wildman–Crippen LogP) is 3.70. The van der Waals surface area contributed by atoms with Crippen LogP contribution in [0.15, 0.2) is 21.9 Å². The number of amides is 1. The van der Waals surface area contributed by atoms with Crippen LogP contribution >= 0.6 is 23.2 Å². The first-order chi connectivity index (χ1) is 11.6. The van der Waals surface area contributed by atoms with Gasteiger partial charge in [-0.1, -0.05) is 33.5 Å². The number of nitrogens with one attached hydrogen (secondary N) is 1. The van der Waals surface area contributed by atoms with Crippen LogP contribution in [0.2, 0.25) is 10.0 Å². The zero-order valence-electron chi connectivity index (χ0n) is 12.8. The quantitative estimate of drug-likeness (QED) is 0.620. The molecule has 1 aliphatic rings. The number of benzene rings is 1. The lowest BCUT2D eigenvalue weighted by Crippen LogP contribution is -2.14. The third kappa shape index (κ3) is 3.85. The molecule has 126 valence electrons. The Morgan fingerprint density at radius 1 is 1.46 bits per heavy atom. The van der Waals surface area contributed by atoms with Crippen molar-refractivity contribution in [3.05, 3.63) is 39.0 Å². The van der Waals surface area contributed by atoms with E-state index in [0.717, 1.165) is 0 Å². The molecule has 0 saturated heterocycles. The van der Waals surface area contributed by atoms with Gasteiger partial charge in [-0.2, -0.15) is 0 Å². The number of nitrogens with zero attached hydrogens (tertiary/aromatic N) is 3. The highest BCUT2D eigenvalue weighted by molar-refractivity contribution is 6.41. The molecule has 9 heteroatoms. The number of halogens is 2. The molecule has 3 rings (SSSR count). The number of aryl methyl sites for hydroxylation is 1. The highest BCUT2D eigenvalue weighted by atomic mass is 35.5. The van der Waals surface area contributed by atoms with Gasteiger partial charge in [-0.05, 0) is 43.0 Å². The number of hydrogen-bond donors (Lipinski definition) is 1. The topological polar surface area (TPSA) is 89.6 Å². The minimum absolute atomic E-state index is 0.174. The number of hydrogen-bond acceptors (Lipinski definition) is 6. The van der Waals surface area contributed by atoms with Crippen molar-refractivity contribution in [2.45, 2.75) is 19.8 Å². The zero-order chi connectivity index (χ0) is 17.1. The Kier molecular flexibility index (Phi) is 5.01.